The minimum atomic E-state index is 0.357. The van der Waals surface area contributed by atoms with E-state index in [0.29, 0.717) is 16.7 Å². The summed E-state index contributed by atoms with van der Waals surface area (Å²) in [6.45, 7) is 2.12. The van der Waals surface area contributed by atoms with E-state index in [9.17, 15) is 0 Å². The number of hydrogen-bond donors (Lipinski definition) is 1. The first-order chi connectivity index (χ1) is 8.08. The lowest BCUT2D eigenvalue weighted by Gasteiger charge is -2.22. The van der Waals surface area contributed by atoms with Crippen molar-refractivity contribution in [3.8, 4) is 0 Å². The van der Waals surface area contributed by atoms with E-state index in [0.717, 1.165) is 18.8 Å². The van der Waals surface area contributed by atoms with Crippen LogP contribution in [0, 0.1) is 0 Å². The van der Waals surface area contributed by atoms with Gasteiger partial charge in [-0.25, -0.2) is 0 Å². The summed E-state index contributed by atoms with van der Waals surface area (Å²) in [5.41, 5.74) is 7.46. The van der Waals surface area contributed by atoms with Gasteiger partial charge in [-0.05, 0) is 32.6 Å². The first-order valence-electron chi connectivity index (χ1n) is 5.75. The average Bonchev–Trinajstić information content (AvgIpc) is 2.78. The zero-order valence-corrected chi connectivity index (χ0v) is 11.1. The molecule has 0 amide bonds. The first-order valence-corrected chi connectivity index (χ1v) is 6.16. The van der Waals surface area contributed by atoms with Gasteiger partial charge in [-0.1, -0.05) is 12.2 Å². The molecule has 17 heavy (non-hydrogen) atoms. The maximum absolute atomic E-state index is 5.60. The van der Waals surface area contributed by atoms with Crippen molar-refractivity contribution >= 4 is 22.9 Å². The topological polar surface area (TPSA) is 45.4 Å². The summed E-state index contributed by atoms with van der Waals surface area (Å²) in [4.78, 5) is 9.15. The van der Waals surface area contributed by atoms with E-state index in [-0.39, 0.29) is 0 Å². The molecule has 1 aliphatic heterocycles. The van der Waals surface area contributed by atoms with E-state index < -0.39 is 0 Å². The Hall–Kier alpha value is -1.20. The van der Waals surface area contributed by atoms with Crippen molar-refractivity contribution in [1.82, 2.24) is 9.88 Å². The lowest BCUT2D eigenvalue weighted by atomic mass is 10.2. The van der Waals surface area contributed by atoms with E-state index in [2.05, 4.69) is 28.9 Å². The molecule has 1 atom stereocenters. The molecular weight excluding hydrogens is 232 g/mol. The van der Waals surface area contributed by atoms with Crippen molar-refractivity contribution in [3.63, 3.8) is 0 Å². The smallest absolute Gasteiger partial charge is 0.122 e. The molecule has 0 aromatic carbocycles. The fraction of sp³-hybridized carbons (Fsp3) is 0.500. The summed E-state index contributed by atoms with van der Waals surface area (Å²) in [5.74, 6) is 0. The monoisotopic (exact) mass is 250 g/mol. The average molecular weight is 250 g/mol. The second-order valence-corrected chi connectivity index (χ2v) is 5.06. The molecule has 2 N–H and O–H groups in total. The molecule has 2 heterocycles. The molecule has 5 heteroatoms. The molecule has 1 saturated heterocycles. The normalized spacial score (nSPS) is 19.9. The Kier molecular flexibility index (Phi) is 3.59. The second kappa shape index (κ2) is 4.98. The SMILES string of the molecule is CN(C)C1CCN(c2ccnc(C(N)=S)c2)C1. The van der Waals surface area contributed by atoms with Crippen LogP contribution in [0.1, 0.15) is 12.1 Å². The lowest BCUT2D eigenvalue weighted by Crippen LogP contribution is -2.31. The van der Waals surface area contributed by atoms with Crippen LogP contribution in [0.25, 0.3) is 0 Å². The quantitative estimate of drug-likeness (QED) is 0.806. The number of nitrogens with two attached hydrogens (primary N) is 1. The molecule has 4 nitrogen and oxygen atoms in total. The molecule has 1 unspecified atom stereocenters. The summed E-state index contributed by atoms with van der Waals surface area (Å²) in [5, 5.41) is 0. The van der Waals surface area contributed by atoms with Gasteiger partial charge in [0.05, 0.1) is 5.69 Å². The highest BCUT2D eigenvalue weighted by molar-refractivity contribution is 7.80. The number of likely N-dealkylation sites (N-methyl/N-ethyl adjacent to an activating group) is 1. The predicted octanol–water partition coefficient (Wildman–Crippen LogP) is 0.856. The van der Waals surface area contributed by atoms with Crippen molar-refractivity contribution in [1.29, 1.82) is 0 Å². The van der Waals surface area contributed by atoms with Crippen LogP contribution >= 0.6 is 12.2 Å². The molecule has 0 bridgehead atoms. The second-order valence-electron chi connectivity index (χ2n) is 4.62. The van der Waals surface area contributed by atoms with Gasteiger partial charge in [0.15, 0.2) is 0 Å². The molecule has 2 rings (SSSR count). The number of anilines is 1. The molecular formula is C12H18N4S. The maximum atomic E-state index is 5.60. The van der Waals surface area contributed by atoms with E-state index in [1.165, 1.54) is 6.42 Å². The maximum Gasteiger partial charge on any atom is 0.122 e. The number of thiocarbonyl (C=S) groups is 1. The Morgan fingerprint density at radius 3 is 2.94 bits per heavy atom. The fourth-order valence-corrected chi connectivity index (χ4v) is 2.26. The molecule has 0 aliphatic carbocycles. The number of aromatic nitrogens is 1. The Balaban J connectivity index is 2.13. The molecule has 1 aromatic heterocycles. The Bertz CT molecular complexity index is 419. The highest BCUT2D eigenvalue weighted by atomic mass is 32.1. The van der Waals surface area contributed by atoms with Crippen LogP contribution < -0.4 is 10.6 Å². The van der Waals surface area contributed by atoms with E-state index >= 15 is 0 Å². The van der Waals surface area contributed by atoms with Crippen LogP contribution in [0.4, 0.5) is 5.69 Å². The summed E-state index contributed by atoms with van der Waals surface area (Å²) >= 11 is 4.95. The van der Waals surface area contributed by atoms with Gasteiger partial charge in [0.25, 0.3) is 0 Å². The van der Waals surface area contributed by atoms with Crippen LogP contribution in [0.15, 0.2) is 18.3 Å². The highest BCUT2D eigenvalue weighted by Crippen LogP contribution is 2.22. The number of nitrogens with zero attached hydrogens (tertiary/aromatic N) is 3. The van der Waals surface area contributed by atoms with Gasteiger partial charge < -0.3 is 15.5 Å². The first kappa shape index (κ1) is 12.3. The molecule has 1 fully saturated rings. The van der Waals surface area contributed by atoms with Crippen molar-refractivity contribution in [2.75, 3.05) is 32.1 Å². The van der Waals surface area contributed by atoms with E-state index in [1.807, 2.05) is 12.1 Å². The molecule has 1 aliphatic rings. The van der Waals surface area contributed by atoms with Crippen LogP contribution in [-0.2, 0) is 0 Å². The molecule has 0 saturated carbocycles. The third-order valence-corrected chi connectivity index (χ3v) is 3.46. The molecule has 1 aromatic rings. The van der Waals surface area contributed by atoms with Crippen LogP contribution in [0.5, 0.6) is 0 Å². The predicted molar refractivity (Wildman–Crippen MR) is 74.4 cm³/mol. The van der Waals surface area contributed by atoms with Crippen LogP contribution in [-0.4, -0.2) is 48.1 Å². The number of pyridine rings is 1. The summed E-state index contributed by atoms with van der Waals surface area (Å²) in [6.07, 6.45) is 2.96. The number of rotatable bonds is 3. The Labute approximate surface area is 107 Å². The highest BCUT2D eigenvalue weighted by Gasteiger charge is 2.24. The van der Waals surface area contributed by atoms with Gasteiger partial charge in [0.2, 0.25) is 0 Å². The Morgan fingerprint density at radius 1 is 1.59 bits per heavy atom. The van der Waals surface area contributed by atoms with Gasteiger partial charge in [-0.3, -0.25) is 4.98 Å². The van der Waals surface area contributed by atoms with Crippen LogP contribution in [0.3, 0.4) is 0 Å². The lowest BCUT2D eigenvalue weighted by molar-refractivity contribution is 0.315. The molecule has 92 valence electrons. The third kappa shape index (κ3) is 2.73. The van der Waals surface area contributed by atoms with Crippen molar-refractivity contribution in [2.24, 2.45) is 5.73 Å². The minimum Gasteiger partial charge on any atom is -0.388 e. The van der Waals surface area contributed by atoms with E-state index in [4.69, 9.17) is 18.0 Å². The summed E-state index contributed by atoms with van der Waals surface area (Å²) in [6, 6.07) is 4.61. The van der Waals surface area contributed by atoms with Crippen LogP contribution in [0.2, 0.25) is 0 Å². The summed E-state index contributed by atoms with van der Waals surface area (Å²) in [7, 11) is 4.25. The van der Waals surface area contributed by atoms with Gasteiger partial charge in [-0.15, -0.1) is 0 Å². The van der Waals surface area contributed by atoms with Crippen molar-refractivity contribution in [3.05, 3.63) is 24.0 Å². The minimum absolute atomic E-state index is 0.357. The zero-order valence-electron chi connectivity index (χ0n) is 10.3. The summed E-state index contributed by atoms with van der Waals surface area (Å²) < 4.78 is 0. The van der Waals surface area contributed by atoms with Crippen molar-refractivity contribution < 1.29 is 0 Å². The molecule has 0 radical (unpaired) electrons. The van der Waals surface area contributed by atoms with Gasteiger partial charge in [-0.2, -0.15) is 0 Å². The Morgan fingerprint density at radius 2 is 2.35 bits per heavy atom. The largest absolute Gasteiger partial charge is 0.388 e. The van der Waals surface area contributed by atoms with Gasteiger partial charge >= 0.3 is 0 Å². The molecule has 0 spiro atoms. The van der Waals surface area contributed by atoms with E-state index in [1.54, 1.807) is 6.20 Å². The van der Waals surface area contributed by atoms with Crippen molar-refractivity contribution in [2.45, 2.75) is 12.5 Å². The zero-order chi connectivity index (χ0) is 12.4. The van der Waals surface area contributed by atoms with Gasteiger partial charge in [0, 0.05) is 31.0 Å². The fourth-order valence-electron chi connectivity index (χ4n) is 2.15. The standard InChI is InChI=1S/C12H18N4S/c1-15(2)10-4-6-16(8-10)9-3-5-14-11(7-9)12(13)17/h3,5,7,10H,4,6,8H2,1-2H3,(H2,13,17). The third-order valence-electron chi connectivity index (χ3n) is 3.25. The number of hydrogen-bond acceptors (Lipinski definition) is 4. The van der Waals surface area contributed by atoms with Gasteiger partial charge in [0.1, 0.15) is 4.99 Å².